The normalized spacial score (nSPS) is 20.5. The molecule has 1 aliphatic rings. The second-order valence-corrected chi connectivity index (χ2v) is 9.24. The summed E-state index contributed by atoms with van der Waals surface area (Å²) in [6.45, 7) is 9.25. The standard InChI is InChI=1S/C24H36N2O6/c1-15-10-8-9-11-18(15)20(27)13-25-22(28)16(2)21(31-7)19-12-17(30-6)14-26(19)23(29)32-24(3,4)5/h8-11,16-17,19,21H,12-14H2,1-7H3,(H,25,28)/t16-,17-,19+,21-/m1/s1. The van der Waals surface area contributed by atoms with Gasteiger partial charge >= 0.3 is 6.09 Å². The molecule has 1 N–H and O–H groups in total. The van der Waals surface area contributed by atoms with Crippen molar-refractivity contribution in [1.82, 2.24) is 10.2 Å². The molecular formula is C24H36N2O6. The van der Waals surface area contributed by atoms with E-state index in [2.05, 4.69) is 5.32 Å². The van der Waals surface area contributed by atoms with Crippen LogP contribution in [0.3, 0.4) is 0 Å². The molecule has 2 rings (SSSR count). The van der Waals surface area contributed by atoms with E-state index in [1.165, 1.54) is 7.11 Å². The van der Waals surface area contributed by atoms with Gasteiger partial charge in [-0.25, -0.2) is 4.79 Å². The highest BCUT2D eigenvalue weighted by molar-refractivity contribution is 6.00. The fourth-order valence-corrected chi connectivity index (χ4v) is 3.99. The molecule has 1 heterocycles. The van der Waals surface area contributed by atoms with Crippen LogP contribution in [0.1, 0.15) is 50.0 Å². The summed E-state index contributed by atoms with van der Waals surface area (Å²) < 4.78 is 16.7. The first kappa shape index (κ1) is 25.8. The third-order valence-corrected chi connectivity index (χ3v) is 5.69. The van der Waals surface area contributed by atoms with Gasteiger partial charge in [-0.2, -0.15) is 0 Å². The minimum absolute atomic E-state index is 0.106. The molecule has 0 radical (unpaired) electrons. The zero-order valence-corrected chi connectivity index (χ0v) is 20.1. The molecule has 0 spiro atoms. The lowest BCUT2D eigenvalue weighted by atomic mass is 9.94. The quantitative estimate of drug-likeness (QED) is 0.615. The first-order valence-electron chi connectivity index (χ1n) is 10.9. The molecule has 1 aliphatic heterocycles. The summed E-state index contributed by atoms with van der Waals surface area (Å²) in [7, 11) is 3.11. The number of benzene rings is 1. The zero-order chi connectivity index (χ0) is 24.1. The first-order chi connectivity index (χ1) is 15.0. The Morgan fingerprint density at radius 1 is 1.19 bits per heavy atom. The Labute approximate surface area is 190 Å². The highest BCUT2D eigenvalue weighted by Crippen LogP contribution is 2.29. The Bertz CT molecular complexity index is 819. The topological polar surface area (TPSA) is 94.2 Å². The SMILES string of the molecule is CO[C@@H]1C[C@@H]([C@H](OC)[C@@H](C)C(=O)NCC(=O)c2ccccc2C)N(C(=O)OC(C)(C)C)C1. The van der Waals surface area contributed by atoms with E-state index in [0.29, 0.717) is 18.5 Å². The van der Waals surface area contributed by atoms with Crippen molar-refractivity contribution in [2.75, 3.05) is 27.3 Å². The average molecular weight is 449 g/mol. The van der Waals surface area contributed by atoms with E-state index in [0.717, 1.165) is 5.56 Å². The summed E-state index contributed by atoms with van der Waals surface area (Å²) in [6.07, 6.45) is -0.709. The maximum atomic E-state index is 12.9. The molecule has 8 heteroatoms. The van der Waals surface area contributed by atoms with Crippen molar-refractivity contribution in [3.63, 3.8) is 0 Å². The van der Waals surface area contributed by atoms with E-state index >= 15 is 0 Å². The molecule has 0 saturated carbocycles. The summed E-state index contributed by atoms with van der Waals surface area (Å²) in [5.41, 5.74) is 0.798. The number of ketones is 1. The number of carbonyl (C=O) groups excluding carboxylic acids is 3. The van der Waals surface area contributed by atoms with E-state index in [4.69, 9.17) is 14.2 Å². The lowest BCUT2D eigenvalue weighted by Gasteiger charge is -2.34. The van der Waals surface area contributed by atoms with Crippen molar-refractivity contribution in [3.05, 3.63) is 35.4 Å². The number of ether oxygens (including phenoxy) is 3. The monoisotopic (exact) mass is 448 g/mol. The van der Waals surface area contributed by atoms with Gasteiger partial charge in [-0.15, -0.1) is 0 Å². The lowest BCUT2D eigenvalue weighted by molar-refractivity contribution is -0.130. The number of rotatable bonds is 8. The third kappa shape index (κ3) is 6.53. The highest BCUT2D eigenvalue weighted by atomic mass is 16.6. The predicted molar refractivity (Wildman–Crippen MR) is 121 cm³/mol. The molecule has 2 amide bonds. The van der Waals surface area contributed by atoms with Gasteiger partial charge < -0.3 is 19.5 Å². The van der Waals surface area contributed by atoms with Crippen LogP contribution in [0.15, 0.2) is 24.3 Å². The smallest absolute Gasteiger partial charge is 0.410 e. The molecule has 0 bridgehead atoms. The number of Topliss-reactive ketones (excluding diaryl/α,β-unsaturated/α-hetero) is 1. The predicted octanol–water partition coefficient (Wildman–Crippen LogP) is 2.97. The Hall–Kier alpha value is -2.45. The van der Waals surface area contributed by atoms with Crippen LogP contribution in [-0.4, -0.2) is 73.8 Å². The van der Waals surface area contributed by atoms with Crippen LogP contribution in [0.25, 0.3) is 0 Å². The maximum Gasteiger partial charge on any atom is 0.410 e. The van der Waals surface area contributed by atoms with E-state index < -0.39 is 29.8 Å². The molecule has 1 aromatic rings. The highest BCUT2D eigenvalue weighted by Gasteiger charge is 2.45. The molecule has 1 aromatic carbocycles. The molecule has 1 saturated heterocycles. The molecule has 8 nitrogen and oxygen atoms in total. The number of nitrogens with zero attached hydrogens (tertiary/aromatic N) is 1. The van der Waals surface area contributed by atoms with Gasteiger partial charge in [-0.3, -0.25) is 14.5 Å². The molecule has 0 aliphatic carbocycles. The van der Waals surface area contributed by atoms with Crippen molar-refractivity contribution < 1.29 is 28.6 Å². The van der Waals surface area contributed by atoms with E-state index in [1.807, 2.05) is 19.1 Å². The van der Waals surface area contributed by atoms with Gasteiger partial charge in [0.2, 0.25) is 5.91 Å². The van der Waals surface area contributed by atoms with Crippen molar-refractivity contribution in [2.24, 2.45) is 5.92 Å². The summed E-state index contributed by atoms with van der Waals surface area (Å²) in [5.74, 6) is -1.08. The van der Waals surface area contributed by atoms with Crippen LogP contribution in [0.2, 0.25) is 0 Å². The number of hydrogen-bond acceptors (Lipinski definition) is 6. The zero-order valence-electron chi connectivity index (χ0n) is 20.1. The Kier molecular flexibility index (Phi) is 8.81. The minimum atomic E-state index is -0.645. The van der Waals surface area contributed by atoms with Crippen LogP contribution < -0.4 is 5.32 Å². The molecule has 1 fully saturated rings. The van der Waals surface area contributed by atoms with E-state index in [-0.39, 0.29) is 24.3 Å². The molecular weight excluding hydrogens is 412 g/mol. The fraction of sp³-hybridized carbons (Fsp3) is 0.625. The fourth-order valence-electron chi connectivity index (χ4n) is 3.99. The van der Waals surface area contributed by atoms with Crippen LogP contribution in [0.4, 0.5) is 4.79 Å². The van der Waals surface area contributed by atoms with Gasteiger partial charge in [0, 0.05) is 19.8 Å². The Morgan fingerprint density at radius 2 is 1.84 bits per heavy atom. The average Bonchev–Trinajstić information content (AvgIpc) is 3.15. The number of amides is 2. The van der Waals surface area contributed by atoms with Crippen molar-refractivity contribution in [1.29, 1.82) is 0 Å². The molecule has 0 aromatic heterocycles. The third-order valence-electron chi connectivity index (χ3n) is 5.69. The van der Waals surface area contributed by atoms with Crippen LogP contribution >= 0.6 is 0 Å². The maximum absolute atomic E-state index is 12.9. The van der Waals surface area contributed by atoms with Crippen molar-refractivity contribution >= 4 is 17.8 Å². The van der Waals surface area contributed by atoms with Crippen molar-refractivity contribution in [3.8, 4) is 0 Å². The Balaban J connectivity index is 2.09. The largest absolute Gasteiger partial charge is 0.444 e. The van der Waals surface area contributed by atoms with Gasteiger partial charge in [-0.1, -0.05) is 31.2 Å². The Morgan fingerprint density at radius 3 is 2.41 bits per heavy atom. The van der Waals surface area contributed by atoms with Gasteiger partial charge in [0.15, 0.2) is 5.78 Å². The van der Waals surface area contributed by atoms with Gasteiger partial charge in [0.1, 0.15) is 5.60 Å². The molecule has 178 valence electrons. The van der Waals surface area contributed by atoms with Gasteiger partial charge in [0.05, 0.1) is 37.3 Å². The summed E-state index contributed by atoms with van der Waals surface area (Å²) in [4.78, 5) is 39.8. The summed E-state index contributed by atoms with van der Waals surface area (Å²) in [5, 5.41) is 2.72. The summed E-state index contributed by atoms with van der Waals surface area (Å²) >= 11 is 0. The first-order valence-corrected chi connectivity index (χ1v) is 10.9. The van der Waals surface area contributed by atoms with Crippen LogP contribution in [-0.2, 0) is 19.0 Å². The number of aryl methyl sites for hydroxylation is 1. The second kappa shape index (κ2) is 10.9. The van der Waals surface area contributed by atoms with Gasteiger partial charge in [-0.05, 0) is 39.7 Å². The number of methoxy groups -OCH3 is 2. The number of nitrogens with one attached hydrogen (secondary N) is 1. The lowest BCUT2D eigenvalue weighted by Crippen LogP contribution is -2.51. The van der Waals surface area contributed by atoms with E-state index in [9.17, 15) is 14.4 Å². The number of hydrogen-bond donors (Lipinski definition) is 1. The van der Waals surface area contributed by atoms with E-state index in [1.54, 1.807) is 51.8 Å². The molecule has 0 unspecified atom stereocenters. The number of likely N-dealkylation sites (tertiary alicyclic amines) is 1. The summed E-state index contributed by atoms with van der Waals surface area (Å²) in [6, 6.07) is 6.86. The minimum Gasteiger partial charge on any atom is -0.444 e. The van der Waals surface area contributed by atoms with Crippen LogP contribution in [0, 0.1) is 12.8 Å². The number of carbonyl (C=O) groups is 3. The second-order valence-electron chi connectivity index (χ2n) is 9.24. The van der Waals surface area contributed by atoms with Crippen LogP contribution in [0.5, 0.6) is 0 Å². The molecule has 4 atom stereocenters. The molecule has 32 heavy (non-hydrogen) atoms. The van der Waals surface area contributed by atoms with Crippen molar-refractivity contribution in [2.45, 2.75) is 64.9 Å². The van der Waals surface area contributed by atoms with Gasteiger partial charge in [0.25, 0.3) is 0 Å².